The van der Waals surface area contributed by atoms with Gasteiger partial charge in [0.15, 0.2) is 5.92 Å². The first-order valence-electron chi connectivity index (χ1n) is 10.3. The molecule has 3 aromatic carbocycles. The Hall–Kier alpha value is -3.58. The van der Waals surface area contributed by atoms with Crippen LogP contribution in [-0.4, -0.2) is 36.7 Å². The van der Waals surface area contributed by atoms with Crippen molar-refractivity contribution >= 4 is 29.7 Å². The van der Waals surface area contributed by atoms with Gasteiger partial charge in [0.05, 0.1) is 19.3 Å². The number of thioether (sulfide) groups is 1. The van der Waals surface area contributed by atoms with E-state index in [4.69, 9.17) is 9.47 Å². The molecule has 0 saturated carbocycles. The smallest absolute Gasteiger partial charge is 0.335 e. The number of ether oxygens (including phenoxy) is 2. The van der Waals surface area contributed by atoms with E-state index in [9.17, 15) is 19.5 Å². The zero-order valence-electron chi connectivity index (χ0n) is 18.1. The zero-order valence-corrected chi connectivity index (χ0v) is 18.9. The number of hydrogen-bond donors (Lipinski definition) is 1. The Morgan fingerprint density at radius 2 is 1.55 bits per heavy atom. The molecule has 0 radical (unpaired) electrons. The predicted octanol–water partition coefficient (Wildman–Crippen LogP) is 4.72. The Morgan fingerprint density at radius 1 is 0.879 bits per heavy atom. The van der Waals surface area contributed by atoms with Crippen LogP contribution in [0.3, 0.4) is 0 Å². The second-order valence-electron chi connectivity index (χ2n) is 7.18. The molecule has 1 atom stereocenters. The molecule has 0 aliphatic heterocycles. The number of aromatic carboxylic acids is 1. The Balaban J connectivity index is 1.64. The van der Waals surface area contributed by atoms with Crippen LogP contribution in [0.2, 0.25) is 0 Å². The number of esters is 2. The molecule has 0 fully saturated rings. The lowest BCUT2D eigenvalue weighted by Crippen LogP contribution is -2.26. The van der Waals surface area contributed by atoms with E-state index in [0.29, 0.717) is 23.3 Å². The molecule has 3 aromatic rings. The molecular formula is C26H24O6S. The van der Waals surface area contributed by atoms with Gasteiger partial charge in [-0.15, -0.1) is 11.8 Å². The standard InChI is InChI=1S/C26H24O6S/c1-31-25(29)23(26(30)32-16-15-18-7-3-2-4-8-18)19-11-13-21(14-12-19)33-17-20-9-5-6-10-22(20)24(27)28/h2-14,23H,15-17H2,1H3,(H,27,28). The first kappa shape index (κ1) is 24.1. The second kappa shape index (κ2) is 11.9. The molecule has 3 rings (SSSR count). The summed E-state index contributed by atoms with van der Waals surface area (Å²) < 4.78 is 10.2. The molecule has 6 nitrogen and oxygen atoms in total. The van der Waals surface area contributed by atoms with E-state index in [2.05, 4.69) is 0 Å². The molecule has 0 saturated heterocycles. The maximum atomic E-state index is 12.6. The van der Waals surface area contributed by atoms with Crippen molar-refractivity contribution in [2.75, 3.05) is 13.7 Å². The summed E-state index contributed by atoms with van der Waals surface area (Å²) in [5, 5.41) is 9.32. The van der Waals surface area contributed by atoms with Crippen LogP contribution in [0, 0.1) is 0 Å². The number of hydrogen-bond acceptors (Lipinski definition) is 6. The Labute approximate surface area is 196 Å². The number of carbonyl (C=O) groups excluding carboxylic acids is 2. The molecule has 33 heavy (non-hydrogen) atoms. The van der Waals surface area contributed by atoms with Crippen molar-refractivity contribution in [2.45, 2.75) is 23.0 Å². The van der Waals surface area contributed by atoms with Crippen LogP contribution in [0.25, 0.3) is 0 Å². The zero-order chi connectivity index (χ0) is 23.6. The van der Waals surface area contributed by atoms with Gasteiger partial charge in [0.1, 0.15) is 0 Å². The molecule has 7 heteroatoms. The van der Waals surface area contributed by atoms with Crippen molar-refractivity contribution in [2.24, 2.45) is 0 Å². The highest BCUT2D eigenvalue weighted by Crippen LogP contribution is 2.27. The van der Waals surface area contributed by atoms with Gasteiger partial charge >= 0.3 is 17.9 Å². The van der Waals surface area contributed by atoms with Crippen molar-refractivity contribution in [3.05, 3.63) is 101 Å². The molecule has 0 bridgehead atoms. The summed E-state index contributed by atoms with van der Waals surface area (Å²) in [7, 11) is 1.23. The molecule has 0 aliphatic carbocycles. The van der Waals surface area contributed by atoms with Gasteiger partial charge < -0.3 is 14.6 Å². The van der Waals surface area contributed by atoms with Crippen LogP contribution in [0.15, 0.2) is 83.8 Å². The fraction of sp³-hybridized carbons (Fsp3) is 0.192. The van der Waals surface area contributed by atoms with E-state index in [1.165, 1.54) is 18.9 Å². The van der Waals surface area contributed by atoms with E-state index in [-0.39, 0.29) is 12.2 Å². The Morgan fingerprint density at radius 3 is 2.21 bits per heavy atom. The van der Waals surface area contributed by atoms with Gasteiger partial charge in [0.25, 0.3) is 0 Å². The van der Waals surface area contributed by atoms with Crippen molar-refractivity contribution in [1.29, 1.82) is 0 Å². The van der Waals surface area contributed by atoms with Gasteiger partial charge in [-0.3, -0.25) is 9.59 Å². The van der Waals surface area contributed by atoms with Crippen LogP contribution in [-0.2, 0) is 31.2 Å². The van der Waals surface area contributed by atoms with Crippen molar-refractivity contribution < 1.29 is 29.0 Å². The highest BCUT2D eigenvalue weighted by atomic mass is 32.2. The molecule has 170 valence electrons. The van der Waals surface area contributed by atoms with E-state index >= 15 is 0 Å². The lowest BCUT2D eigenvalue weighted by molar-refractivity contribution is -0.155. The maximum Gasteiger partial charge on any atom is 0.335 e. The molecule has 0 aliphatic rings. The molecule has 0 aromatic heterocycles. The average molecular weight is 465 g/mol. The van der Waals surface area contributed by atoms with Gasteiger partial charge in [-0.05, 0) is 34.9 Å². The summed E-state index contributed by atoms with van der Waals surface area (Å²) in [6.45, 7) is 0.160. The average Bonchev–Trinajstić information content (AvgIpc) is 2.84. The van der Waals surface area contributed by atoms with Crippen molar-refractivity contribution in [3.63, 3.8) is 0 Å². The van der Waals surface area contributed by atoms with Crippen molar-refractivity contribution in [3.8, 4) is 0 Å². The largest absolute Gasteiger partial charge is 0.478 e. The quantitative estimate of drug-likeness (QED) is 0.264. The fourth-order valence-electron chi connectivity index (χ4n) is 3.26. The lowest BCUT2D eigenvalue weighted by atomic mass is 9.99. The summed E-state index contributed by atoms with van der Waals surface area (Å²) in [5.74, 6) is -3.00. The first-order chi connectivity index (χ1) is 16.0. The molecule has 0 amide bonds. The third-order valence-corrected chi connectivity index (χ3v) is 6.07. The van der Waals surface area contributed by atoms with Gasteiger partial charge in [-0.2, -0.15) is 0 Å². The summed E-state index contributed by atoms with van der Waals surface area (Å²) in [4.78, 5) is 37.2. The fourth-order valence-corrected chi connectivity index (χ4v) is 4.16. The SMILES string of the molecule is COC(=O)C(C(=O)OCCc1ccccc1)c1ccc(SCc2ccccc2C(=O)O)cc1. The van der Waals surface area contributed by atoms with E-state index in [1.54, 1.807) is 48.5 Å². The van der Waals surface area contributed by atoms with Crippen LogP contribution < -0.4 is 0 Å². The summed E-state index contributed by atoms with van der Waals surface area (Å²) >= 11 is 1.46. The number of benzene rings is 3. The highest BCUT2D eigenvalue weighted by Gasteiger charge is 2.31. The van der Waals surface area contributed by atoms with Gasteiger partial charge in [-0.25, -0.2) is 4.79 Å². The normalized spacial score (nSPS) is 11.4. The maximum absolute atomic E-state index is 12.6. The van der Waals surface area contributed by atoms with Crippen LogP contribution in [0.1, 0.15) is 33.0 Å². The molecule has 1 N–H and O–H groups in total. The lowest BCUT2D eigenvalue weighted by Gasteiger charge is -2.15. The number of rotatable bonds is 10. The number of methoxy groups -OCH3 is 1. The first-order valence-corrected chi connectivity index (χ1v) is 11.3. The Bertz CT molecular complexity index is 1100. The molecule has 1 unspecified atom stereocenters. The predicted molar refractivity (Wildman–Crippen MR) is 125 cm³/mol. The molecule has 0 spiro atoms. The third-order valence-electron chi connectivity index (χ3n) is 5.01. The summed E-state index contributed by atoms with van der Waals surface area (Å²) in [5.41, 5.74) is 2.49. The number of carboxylic acid groups (broad SMARTS) is 1. The third kappa shape index (κ3) is 6.70. The van der Waals surface area contributed by atoms with E-state index in [1.807, 2.05) is 30.3 Å². The topological polar surface area (TPSA) is 89.9 Å². The van der Waals surface area contributed by atoms with Crippen molar-refractivity contribution in [1.82, 2.24) is 0 Å². The van der Waals surface area contributed by atoms with Crippen LogP contribution >= 0.6 is 11.8 Å². The minimum atomic E-state index is -1.17. The highest BCUT2D eigenvalue weighted by molar-refractivity contribution is 7.98. The van der Waals surface area contributed by atoms with E-state index < -0.39 is 23.8 Å². The van der Waals surface area contributed by atoms with Crippen LogP contribution in [0.4, 0.5) is 0 Å². The summed E-state index contributed by atoms with van der Waals surface area (Å²) in [6, 6.07) is 23.4. The van der Waals surface area contributed by atoms with E-state index in [0.717, 1.165) is 10.5 Å². The van der Waals surface area contributed by atoms with Gasteiger partial charge in [-0.1, -0.05) is 60.7 Å². The molecule has 0 heterocycles. The van der Waals surface area contributed by atoms with Gasteiger partial charge in [0.2, 0.25) is 0 Å². The second-order valence-corrected chi connectivity index (χ2v) is 8.23. The van der Waals surface area contributed by atoms with Crippen LogP contribution in [0.5, 0.6) is 0 Å². The summed E-state index contributed by atoms with van der Waals surface area (Å²) in [6.07, 6.45) is 0.549. The van der Waals surface area contributed by atoms with Gasteiger partial charge in [0, 0.05) is 17.1 Å². The monoisotopic (exact) mass is 464 g/mol. The Kier molecular flexibility index (Phi) is 8.66. The number of carbonyl (C=O) groups is 3. The minimum Gasteiger partial charge on any atom is -0.478 e. The molecular weight excluding hydrogens is 440 g/mol. The minimum absolute atomic E-state index is 0.160. The number of carboxylic acids is 1.